The summed E-state index contributed by atoms with van der Waals surface area (Å²) in [6.07, 6.45) is 5.88. The number of nitrogens with one attached hydrogen (secondary N) is 2. The third kappa shape index (κ3) is 5.69. The van der Waals surface area contributed by atoms with Crippen LogP contribution in [-0.4, -0.2) is 25.2 Å². The van der Waals surface area contributed by atoms with Gasteiger partial charge in [-0.05, 0) is 31.4 Å². The van der Waals surface area contributed by atoms with Crippen molar-refractivity contribution < 1.29 is 9.53 Å². The van der Waals surface area contributed by atoms with Crippen molar-refractivity contribution in [1.82, 2.24) is 10.6 Å². The maximum absolute atomic E-state index is 11.7. The molecule has 0 radical (unpaired) electrons. The van der Waals surface area contributed by atoms with Gasteiger partial charge in [0.15, 0.2) is 0 Å². The molecule has 1 aliphatic rings. The van der Waals surface area contributed by atoms with Crippen molar-refractivity contribution in [3.05, 3.63) is 29.8 Å². The predicted molar refractivity (Wildman–Crippen MR) is 87.9 cm³/mol. The molecule has 1 aliphatic carbocycles. The number of hydrogen-bond acceptors (Lipinski definition) is 2. The van der Waals surface area contributed by atoms with Crippen molar-refractivity contribution in [2.75, 3.05) is 13.2 Å². The number of hydrogen-bond donors (Lipinski definition) is 2. The van der Waals surface area contributed by atoms with E-state index in [0.717, 1.165) is 24.2 Å². The van der Waals surface area contributed by atoms with E-state index in [1.165, 1.54) is 19.3 Å². The first-order chi connectivity index (χ1) is 10.8. The Morgan fingerprint density at radius 3 is 2.77 bits per heavy atom. The van der Waals surface area contributed by atoms with Gasteiger partial charge in [-0.1, -0.05) is 49.3 Å². The molecule has 0 unspecified atom stereocenters. The first kappa shape index (κ1) is 16.2. The second kappa shape index (κ2) is 8.99. The molecule has 1 aromatic carbocycles. The topological polar surface area (TPSA) is 50.4 Å². The summed E-state index contributed by atoms with van der Waals surface area (Å²) < 4.78 is 5.56. The summed E-state index contributed by atoms with van der Waals surface area (Å²) in [6, 6.07) is 8.04. The summed E-state index contributed by atoms with van der Waals surface area (Å²) >= 11 is 0. The summed E-state index contributed by atoms with van der Waals surface area (Å²) in [5.74, 6) is 6.65. The number of benzene rings is 1. The number of para-hydroxylation sites is 1. The molecule has 4 heteroatoms. The second-order valence-electron chi connectivity index (χ2n) is 5.57. The van der Waals surface area contributed by atoms with Gasteiger partial charge in [-0.15, -0.1) is 0 Å². The van der Waals surface area contributed by atoms with Crippen LogP contribution < -0.4 is 15.4 Å². The van der Waals surface area contributed by atoms with Gasteiger partial charge in [0.1, 0.15) is 12.4 Å². The zero-order valence-electron chi connectivity index (χ0n) is 13.2. The van der Waals surface area contributed by atoms with Gasteiger partial charge in [0.05, 0.1) is 6.54 Å². The number of carbonyl (C=O) groups excluding carboxylic acids is 1. The lowest BCUT2D eigenvalue weighted by molar-refractivity contribution is 0.234. The minimum atomic E-state index is -0.124. The van der Waals surface area contributed by atoms with E-state index < -0.39 is 0 Å². The van der Waals surface area contributed by atoms with Crippen LogP contribution in [0.4, 0.5) is 4.79 Å². The normalized spacial score (nSPS) is 14.6. The fourth-order valence-electron chi connectivity index (χ4n) is 2.55. The van der Waals surface area contributed by atoms with Gasteiger partial charge >= 0.3 is 6.03 Å². The Bertz CT molecular complexity index is 540. The van der Waals surface area contributed by atoms with E-state index in [1.807, 2.05) is 31.2 Å². The van der Waals surface area contributed by atoms with Crippen LogP contribution in [0.2, 0.25) is 0 Å². The van der Waals surface area contributed by atoms with E-state index in [1.54, 1.807) is 0 Å². The average molecular weight is 300 g/mol. The summed E-state index contributed by atoms with van der Waals surface area (Å²) in [5, 5.41) is 5.75. The van der Waals surface area contributed by atoms with Gasteiger partial charge in [-0.25, -0.2) is 4.79 Å². The number of urea groups is 1. The fourth-order valence-corrected chi connectivity index (χ4v) is 2.55. The van der Waals surface area contributed by atoms with E-state index in [9.17, 15) is 4.79 Å². The van der Waals surface area contributed by atoms with Crippen LogP contribution in [0.15, 0.2) is 24.3 Å². The Hall–Kier alpha value is -2.15. The molecule has 0 heterocycles. The fraction of sp³-hybridized carbons (Fsp3) is 0.500. The molecule has 118 valence electrons. The molecule has 1 aromatic rings. The van der Waals surface area contributed by atoms with E-state index in [0.29, 0.717) is 19.2 Å². The van der Waals surface area contributed by atoms with Gasteiger partial charge in [0.2, 0.25) is 0 Å². The molecule has 0 bridgehead atoms. The average Bonchev–Trinajstić information content (AvgIpc) is 2.53. The Kier molecular flexibility index (Phi) is 6.63. The van der Waals surface area contributed by atoms with Crippen LogP contribution >= 0.6 is 0 Å². The molecule has 22 heavy (non-hydrogen) atoms. The molecule has 0 atom stereocenters. The molecule has 2 amide bonds. The highest BCUT2D eigenvalue weighted by Crippen LogP contribution is 2.17. The van der Waals surface area contributed by atoms with Crippen LogP contribution in [-0.2, 0) is 0 Å². The lowest BCUT2D eigenvalue weighted by atomic mass is 9.96. The highest BCUT2D eigenvalue weighted by Gasteiger charge is 2.14. The van der Waals surface area contributed by atoms with Crippen LogP contribution in [0.25, 0.3) is 0 Å². The summed E-state index contributed by atoms with van der Waals surface area (Å²) in [5.41, 5.74) is 1.09. The van der Waals surface area contributed by atoms with E-state index >= 15 is 0 Å². The quantitative estimate of drug-likeness (QED) is 0.840. The minimum Gasteiger partial charge on any atom is -0.481 e. The number of aryl methyl sites for hydroxylation is 1. The molecule has 1 saturated carbocycles. The Balaban J connectivity index is 1.60. The highest BCUT2D eigenvalue weighted by molar-refractivity contribution is 5.74. The summed E-state index contributed by atoms with van der Waals surface area (Å²) in [7, 11) is 0. The predicted octanol–water partition coefficient (Wildman–Crippen LogP) is 3.01. The third-order valence-electron chi connectivity index (χ3n) is 3.80. The van der Waals surface area contributed by atoms with Crippen LogP contribution in [0, 0.1) is 18.8 Å². The maximum atomic E-state index is 11.7. The second-order valence-corrected chi connectivity index (χ2v) is 5.57. The Morgan fingerprint density at radius 1 is 1.23 bits per heavy atom. The third-order valence-corrected chi connectivity index (χ3v) is 3.80. The lowest BCUT2D eigenvalue weighted by Gasteiger charge is -2.22. The zero-order chi connectivity index (χ0) is 15.6. The minimum absolute atomic E-state index is 0.124. The number of amides is 2. The molecule has 1 fully saturated rings. The zero-order valence-corrected chi connectivity index (χ0v) is 13.2. The maximum Gasteiger partial charge on any atom is 0.315 e. The molecular weight excluding hydrogens is 276 g/mol. The van der Waals surface area contributed by atoms with E-state index in [-0.39, 0.29) is 6.03 Å². The molecule has 4 nitrogen and oxygen atoms in total. The van der Waals surface area contributed by atoms with Crippen molar-refractivity contribution in [3.8, 4) is 17.6 Å². The lowest BCUT2D eigenvalue weighted by Crippen LogP contribution is -2.42. The van der Waals surface area contributed by atoms with Crippen molar-refractivity contribution >= 4 is 6.03 Å². The molecule has 0 aromatic heterocycles. The Morgan fingerprint density at radius 2 is 2.00 bits per heavy atom. The van der Waals surface area contributed by atoms with Crippen molar-refractivity contribution in [2.45, 2.75) is 45.1 Å². The SMILES string of the molecule is Cc1ccccc1OCC#CCNC(=O)NC1CCCCC1. The number of ether oxygens (including phenoxy) is 1. The van der Waals surface area contributed by atoms with Gasteiger partial charge in [-0.2, -0.15) is 0 Å². The van der Waals surface area contributed by atoms with Crippen molar-refractivity contribution in [3.63, 3.8) is 0 Å². The first-order valence-corrected chi connectivity index (χ1v) is 7.94. The van der Waals surface area contributed by atoms with E-state index in [2.05, 4.69) is 22.5 Å². The highest BCUT2D eigenvalue weighted by atomic mass is 16.5. The van der Waals surface area contributed by atoms with Gasteiger partial charge in [0, 0.05) is 6.04 Å². The van der Waals surface area contributed by atoms with Crippen LogP contribution in [0.1, 0.15) is 37.7 Å². The van der Waals surface area contributed by atoms with Gasteiger partial charge < -0.3 is 15.4 Å². The Labute approximate surface area is 132 Å². The van der Waals surface area contributed by atoms with Crippen LogP contribution in [0.3, 0.4) is 0 Å². The number of carbonyl (C=O) groups is 1. The number of rotatable bonds is 4. The van der Waals surface area contributed by atoms with Crippen molar-refractivity contribution in [2.24, 2.45) is 0 Å². The largest absolute Gasteiger partial charge is 0.481 e. The monoisotopic (exact) mass is 300 g/mol. The van der Waals surface area contributed by atoms with E-state index in [4.69, 9.17) is 4.74 Å². The molecule has 2 rings (SSSR count). The van der Waals surface area contributed by atoms with Gasteiger partial charge in [-0.3, -0.25) is 0 Å². The summed E-state index contributed by atoms with van der Waals surface area (Å²) in [6.45, 7) is 2.67. The first-order valence-electron chi connectivity index (χ1n) is 7.94. The standard InChI is InChI=1S/C18H24N2O2/c1-15-9-5-6-12-17(15)22-14-8-7-13-19-18(21)20-16-10-3-2-4-11-16/h5-6,9,12,16H,2-4,10-11,13-14H2,1H3,(H2,19,20,21). The van der Waals surface area contributed by atoms with Crippen molar-refractivity contribution in [1.29, 1.82) is 0 Å². The van der Waals surface area contributed by atoms with Gasteiger partial charge in [0.25, 0.3) is 0 Å². The molecule has 0 saturated heterocycles. The summed E-state index contributed by atoms with van der Waals surface area (Å²) in [4.78, 5) is 11.7. The smallest absolute Gasteiger partial charge is 0.315 e. The molecule has 0 aliphatic heterocycles. The molecule has 0 spiro atoms. The molecule has 2 N–H and O–H groups in total. The van der Waals surface area contributed by atoms with Crippen LogP contribution in [0.5, 0.6) is 5.75 Å². The molecular formula is C18H24N2O2.